The van der Waals surface area contributed by atoms with E-state index in [1.165, 1.54) is 0 Å². The van der Waals surface area contributed by atoms with Gasteiger partial charge in [-0.25, -0.2) is 0 Å². The number of carbonyl (C=O) groups excluding carboxylic acids is 1. The van der Waals surface area contributed by atoms with E-state index in [-0.39, 0.29) is 11.7 Å². The molecule has 1 N–H and O–H groups in total. The van der Waals surface area contributed by atoms with Crippen molar-refractivity contribution in [2.75, 3.05) is 6.61 Å². The highest BCUT2D eigenvalue weighted by Crippen LogP contribution is 2.42. The largest absolute Gasteiger partial charge is 0.415 e. The number of carbonyl (C=O) groups is 1. The van der Waals surface area contributed by atoms with E-state index < -0.39 is 20.3 Å². The normalized spacial score (nSPS) is 17.5. The highest BCUT2D eigenvalue weighted by Gasteiger charge is 2.45. The molecule has 0 saturated heterocycles. The van der Waals surface area contributed by atoms with Gasteiger partial charge in [0.05, 0.1) is 6.10 Å². The lowest BCUT2D eigenvalue weighted by Crippen LogP contribution is -2.49. The maximum Gasteiger partial charge on any atom is 0.200 e. The van der Waals surface area contributed by atoms with Crippen molar-refractivity contribution in [1.82, 2.24) is 0 Å². The Morgan fingerprint density at radius 3 is 1.75 bits per heavy atom. The summed E-state index contributed by atoms with van der Waals surface area (Å²) in [5, 5.41) is 10.3. The average molecular weight is 357 g/mol. The van der Waals surface area contributed by atoms with Crippen LogP contribution in [0.1, 0.15) is 69.2 Å². The van der Waals surface area contributed by atoms with E-state index in [4.69, 9.17) is 4.43 Å². The third-order valence-electron chi connectivity index (χ3n) is 5.62. The summed E-state index contributed by atoms with van der Waals surface area (Å²) in [7, 11) is -1.95. The molecule has 0 rings (SSSR count). The predicted molar refractivity (Wildman–Crippen MR) is 106 cm³/mol. The van der Waals surface area contributed by atoms with Gasteiger partial charge >= 0.3 is 0 Å². The topological polar surface area (TPSA) is 46.5 Å². The van der Waals surface area contributed by atoms with Crippen molar-refractivity contribution in [2.24, 2.45) is 11.8 Å². The Hall–Kier alpha value is -0.453. The van der Waals surface area contributed by atoms with Crippen LogP contribution in [0.25, 0.3) is 0 Å². The minimum atomic E-state index is -1.95. The lowest BCUT2D eigenvalue weighted by atomic mass is 9.88. The molecule has 0 unspecified atom stereocenters. The van der Waals surface area contributed by atoms with Gasteiger partial charge in [0, 0.05) is 18.4 Å². The standard InChI is InChI=1S/C20H40O3Si/c1-11-16(8)19(21)18(10)20(22)17(9)12-23-24(13(2)3,14(4)5)15(6)7/h11,13-15,17-19,21H,12H2,1-10H3/b16-11+/t17-,18+,19-/m1/s1. The molecule has 0 aromatic heterocycles. The Balaban J connectivity index is 5.10. The van der Waals surface area contributed by atoms with E-state index in [0.717, 1.165) is 5.57 Å². The zero-order valence-corrected chi connectivity index (χ0v) is 18.5. The van der Waals surface area contributed by atoms with Crippen LogP contribution >= 0.6 is 0 Å². The monoisotopic (exact) mass is 356 g/mol. The van der Waals surface area contributed by atoms with Crippen LogP contribution in [0.3, 0.4) is 0 Å². The summed E-state index contributed by atoms with van der Waals surface area (Å²) in [6.45, 7) is 21.5. The van der Waals surface area contributed by atoms with Crippen molar-refractivity contribution in [1.29, 1.82) is 0 Å². The van der Waals surface area contributed by atoms with Crippen molar-refractivity contribution < 1.29 is 14.3 Å². The SMILES string of the molecule is C/C=C(\C)[C@@H](O)[C@H](C)C(=O)[C@H](C)CO[Si](C(C)C)(C(C)C)C(C)C. The first-order valence-corrected chi connectivity index (χ1v) is 11.6. The highest BCUT2D eigenvalue weighted by molar-refractivity contribution is 6.77. The number of aliphatic hydroxyl groups is 1. The van der Waals surface area contributed by atoms with Crippen LogP contribution in [0.4, 0.5) is 0 Å². The molecule has 0 amide bonds. The van der Waals surface area contributed by atoms with E-state index in [0.29, 0.717) is 23.2 Å². The van der Waals surface area contributed by atoms with Gasteiger partial charge in [-0.15, -0.1) is 0 Å². The van der Waals surface area contributed by atoms with E-state index in [2.05, 4.69) is 41.5 Å². The summed E-state index contributed by atoms with van der Waals surface area (Å²) < 4.78 is 6.54. The summed E-state index contributed by atoms with van der Waals surface area (Å²) >= 11 is 0. The first-order valence-electron chi connectivity index (χ1n) is 9.41. The Labute approximate surface area is 151 Å². The summed E-state index contributed by atoms with van der Waals surface area (Å²) in [6, 6.07) is 0. The number of hydrogen-bond donors (Lipinski definition) is 1. The molecule has 3 atom stereocenters. The van der Waals surface area contributed by atoms with Crippen molar-refractivity contribution >= 4 is 14.1 Å². The fraction of sp³-hybridized carbons (Fsp3) is 0.850. The predicted octanol–water partition coefficient (Wildman–Crippen LogP) is 5.35. The van der Waals surface area contributed by atoms with Crippen LogP contribution < -0.4 is 0 Å². The molecule has 0 aliphatic rings. The fourth-order valence-electron chi connectivity index (χ4n) is 4.02. The molecular formula is C20H40O3Si. The molecule has 0 heterocycles. The zero-order chi connectivity index (χ0) is 19.2. The van der Waals surface area contributed by atoms with Gasteiger partial charge in [0.1, 0.15) is 5.78 Å². The minimum Gasteiger partial charge on any atom is -0.415 e. The van der Waals surface area contributed by atoms with Crippen LogP contribution in [0.15, 0.2) is 11.6 Å². The second-order valence-corrected chi connectivity index (χ2v) is 13.7. The molecule has 0 fully saturated rings. The summed E-state index contributed by atoms with van der Waals surface area (Å²) in [5.41, 5.74) is 2.37. The molecule has 4 heteroatoms. The second-order valence-electron chi connectivity index (χ2n) is 8.20. The summed E-state index contributed by atoms with van der Waals surface area (Å²) in [6.07, 6.45) is 1.16. The Morgan fingerprint density at radius 1 is 1.00 bits per heavy atom. The molecule has 0 bridgehead atoms. The average Bonchev–Trinajstić information content (AvgIpc) is 2.51. The minimum absolute atomic E-state index is 0.0860. The van der Waals surface area contributed by atoms with E-state index >= 15 is 0 Å². The van der Waals surface area contributed by atoms with Crippen LogP contribution in [0.5, 0.6) is 0 Å². The van der Waals surface area contributed by atoms with E-state index in [1.807, 2.05) is 33.8 Å². The molecular weight excluding hydrogens is 316 g/mol. The van der Waals surface area contributed by atoms with Crippen molar-refractivity contribution in [3.63, 3.8) is 0 Å². The van der Waals surface area contributed by atoms with Gasteiger partial charge in [-0.2, -0.15) is 0 Å². The molecule has 0 saturated carbocycles. The van der Waals surface area contributed by atoms with Gasteiger partial charge in [0.15, 0.2) is 8.32 Å². The third-order valence-corrected chi connectivity index (χ3v) is 11.7. The number of hydrogen-bond acceptors (Lipinski definition) is 3. The third kappa shape index (κ3) is 5.27. The molecule has 142 valence electrons. The number of Topliss-reactive ketones (excluding diaryl/α,β-unsaturated/α-hetero) is 1. The van der Waals surface area contributed by atoms with Crippen LogP contribution in [0, 0.1) is 11.8 Å². The molecule has 0 aromatic carbocycles. The number of allylic oxidation sites excluding steroid dienone is 1. The van der Waals surface area contributed by atoms with Gasteiger partial charge in [-0.05, 0) is 36.0 Å². The number of rotatable bonds is 10. The van der Waals surface area contributed by atoms with Crippen molar-refractivity contribution in [3.05, 3.63) is 11.6 Å². The van der Waals surface area contributed by atoms with Crippen LogP contribution in [0.2, 0.25) is 16.6 Å². The van der Waals surface area contributed by atoms with Gasteiger partial charge < -0.3 is 9.53 Å². The van der Waals surface area contributed by atoms with Gasteiger partial charge in [-0.1, -0.05) is 61.5 Å². The smallest absolute Gasteiger partial charge is 0.200 e. The summed E-state index contributed by atoms with van der Waals surface area (Å²) in [5.74, 6) is -0.502. The number of aliphatic hydroxyl groups excluding tert-OH is 1. The first-order chi connectivity index (χ1) is 10.9. The van der Waals surface area contributed by atoms with Crippen LogP contribution in [-0.2, 0) is 9.22 Å². The maximum absolute atomic E-state index is 12.7. The number of ketones is 1. The van der Waals surface area contributed by atoms with Crippen LogP contribution in [-0.4, -0.2) is 31.9 Å². The molecule has 0 aromatic rings. The molecule has 0 spiro atoms. The molecule has 3 nitrogen and oxygen atoms in total. The fourth-order valence-corrected chi connectivity index (χ4v) is 9.56. The zero-order valence-electron chi connectivity index (χ0n) is 17.5. The van der Waals surface area contributed by atoms with Gasteiger partial charge in [-0.3, -0.25) is 4.79 Å². The maximum atomic E-state index is 12.7. The van der Waals surface area contributed by atoms with E-state index in [1.54, 1.807) is 0 Å². The lowest BCUT2D eigenvalue weighted by molar-refractivity contribution is -0.129. The van der Waals surface area contributed by atoms with Gasteiger partial charge in [0.25, 0.3) is 0 Å². The molecule has 0 aliphatic heterocycles. The first kappa shape index (κ1) is 23.5. The Bertz CT molecular complexity index is 405. The Kier molecular flexibility index (Phi) is 9.70. The van der Waals surface area contributed by atoms with E-state index in [9.17, 15) is 9.90 Å². The molecule has 24 heavy (non-hydrogen) atoms. The van der Waals surface area contributed by atoms with Crippen molar-refractivity contribution in [3.8, 4) is 0 Å². The lowest BCUT2D eigenvalue weighted by Gasteiger charge is -2.42. The molecule has 0 aliphatic carbocycles. The quantitative estimate of drug-likeness (QED) is 0.424. The second kappa shape index (κ2) is 9.88. The van der Waals surface area contributed by atoms with Crippen molar-refractivity contribution in [2.45, 2.75) is 92.0 Å². The summed E-state index contributed by atoms with van der Waals surface area (Å²) in [4.78, 5) is 12.7. The highest BCUT2D eigenvalue weighted by atomic mass is 28.4. The van der Waals surface area contributed by atoms with Gasteiger partial charge in [0.2, 0.25) is 0 Å². The molecule has 0 radical (unpaired) electrons. The Morgan fingerprint density at radius 2 is 1.42 bits per heavy atom.